The van der Waals surface area contributed by atoms with Gasteiger partial charge in [-0.1, -0.05) is 0 Å². The standard InChI is InChI=1S/C12H12F2N2.2BF4/c1-9-3-5-15(13)11(7-9)12-8-10(2)4-6-16(12)14;2*2-1(3,4)5/h3-8H,1-2H3;;/q+2;2*-1. The van der Waals surface area contributed by atoms with Crippen molar-refractivity contribution >= 4 is 14.5 Å². The molecule has 0 atom stereocenters. The van der Waals surface area contributed by atoms with E-state index in [0.717, 1.165) is 11.1 Å². The van der Waals surface area contributed by atoms with Gasteiger partial charge in [0.1, 0.15) is 0 Å². The lowest BCUT2D eigenvalue weighted by molar-refractivity contribution is -0.859. The molecular weight excluding hydrogens is 384 g/mol. The number of pyridine rings is 2. The van der Waals surface area contributed by atoms with E-state index in [1.165, 1.54) is 12.4 Å². The van der Waals surface area contributed by atoms with Crippen molar-refractivity contribution in [1.29, 1.82) is 0 Å². The summed E-state index contributed by atoms with van der Waals surface area (Å²) in [6.07, 6.45) is 2.54. The summed E-state index contributed by atoms with van der Waals surface area (Å²) in [5.74, 6) is 0. The third-order valence-electron chi connectivity index (χ3n) is 2.39. The number of hydrogen-bond acceptors (Lipinski definition) is 0. The molecule has 14 heteroatoms. The van der Waals surface area contributed by atoms with Crippen LogP contribution in [0.2, 0.25) is 0 Å². The van der Waals surface area contributed by atoms with E-state index >= 15 is 0 Å². The zero-order valence-corrected chi connectivity index (χ0v) is 13.3. The molecule has 26 heavy (non-hydrogen) atoms. The van der Waals surface area contributed by atoms with Crippen molar-refractivity contribution in [2.45, 2.75) is 13.8 Å². The fourth-order valence-electron chi connectivity index (χ4n) is 1.54. The lowest BCUT2D eigenvalue weighted by Gasteiger charge is -1.94. The molecule has 0 aromatic carbocycles. The molecule has 2 heterocycles. The highest BCUT2D eigenvalue weighted by atomic mass is 19.5. The third-order valence-corrected chi connectivity index (χ3v) is 2.39. The van der Waals surface area contributed by atoms with E-state index in [2.05, 4.69) is 0 Å². The Kier molecular flexibility index (Phi) is 8.61. The van der Waals surface area contributed by atoms with E-state index in [1.807, 2.05) is 13.8 Å². The monoisotopic (exact) mass is 396 g/mol. The van der Waals surface area contributed by atoms with E-state index in [4.69, 9.17) is 0 Å². The van der Waals surface area contributed by atoms with Crippen molar-refractivity contribution in [3.63, 3.8) is 0 Å². The zero-order valence-electron chi connectivity index (χ0n) is 13.3. The van der Waals surface area contributed by atoms with E-state index in [-0.39, 0.29) is 11.4 Å². The molecule has 0 saturated heterocycles. The highest BCUT2D eigenvalue weighted by Crippen LogP contribution is 2.14. The average Bonchev–Trinajstić information content (AvgIpc) is 2.41. The first kappa shape index (κ1) is 23.7. The first-order valence-electron chi connectivity index (χ1n) is 6.70. The molecule has 0 fully saturated rings. The molecule has 0 spiro atoms. The van der Waals surface area contributed by atoms with E-state index < -0.39 is 14.5 Å². The first-order valence-corrected chi connectivity index (χ1v) is 6.70. The Morgan fingerprint density at radius 1 is 0.615 bits per heavy atom. The first-order chi connectivity index (χ1) is 11.6. The molecule has 0 aliphatic rings. The fraction of sp³-hybridized carbons (Fsp3) is 0.167. The largest absolute Gasteiger partial charge is 0.673 e. The molecule has 0 saturated carbocycles. The molecule has 2 aromatic heterocycles. The van der Waals surface area contributed by atoms with Gasteiger partial charge in [-0.2, -0.15) is 0 Å². The summed E-state index contributed by atoms with van der Waals surface area (Å²) in [4.78, 5) is 0.829. The molecule has 0 aliphatic heterocycles. The van der Waals surface area contributed by atoms with Gasteiger partial charge in [0.15, 0.2) is 0 Å². The van der Waals surface area contributed by atoms with Gasteiger partial charge in [0.25, 0.3) is 0 Å². The lowest BCUT2D eigenvalue weighted by Crippen LogP contribution is -2.33. The molecule has 2 nitrogen and oxygen atoms in total. The van der Waals surface area contributed by atoms with Crippen LogP contribution in [-0.2, 0) is 0 Å². The van der Waals surface area contributed by atoms with Crippen LogP contribution in [0.1, 0.15) is 11.1 Å². The van der Waals surface area contributed by atoms with Gasteiger partial charge < -0.3 is 34.5 Å². The van der Waals surface area contributed by atoms with Crippen molar-refractivity contribution in [2.24, 2.45) is 0 Å². The van der Waals surface area contributed by atoms with Gasteiger partial charge >= 0.3 is 25.9 Å². The topological polar surface area (TPSA) is 7.76 Å². The summed E-state index contributed by atoms with van der Waals surface area (Å²) < 4.78 is 105. The Hall–Kier alpha value is -2.27. The third kappa shape index (κ3) is 12.1. The van der Waals surface area contributed by atoms with E-state index in [0.29, 0.717) is 9.58 Å². The molecule has 0 bridgehead atoms. The summed E-state index contributed by atoms with van der Waals surface area (Å²) in [7, 11) is -12.0. The zero-order chi connectivity index (χ0) is 20.7. The Balaban J connectivity index is 0.000000520. The summed E-state index contributed by atoms with van der Waals surface area (Å²) in [5, 5.41) is 0. The van der Waals surface area contributed by atoms with Gasteiger partial charge in [0.05, 0.1) is 8.96 Å². The summed E-state index contributed by atoms with van der Waals surface area (Å²) >= 11 is 0. The predicted octanol–water partition coefficient (Wildman–Crippen LogP) is 4.61. The summed E-state index contributed by atoms with van der Waals surface area (Å²) in [6.45, 7) is 3.67. The maximum Gasteiger partial charge on any atom is 0.673 e. The van der Waals surface area contributed by atoms with Crippen LogP contribution in [0.5, 0.6) is 0 Å². The van der Waals surface area contributed by atoms with Gasteiger partial charge in [0.2, 0.25) is 12.4 Å². The molecule has 2 rings (SSSR count). The van der Waals surface area contributed by atoms with Crippen LogP contribution in [0, 0.1) is 13.8 Å². The molecule has 146 valence electrons. The number of aromatic nitrogens is 2. The van der Waals surface area contributed by atoms with Gasteiger partial charge in [-0.3, -0.25) is 0 Å². The van der Waals surface area contributed by atoms with Gasteiger partial charge in [-0.05, 0) is 25.0 Å². The smallest absolute Gasteiger partial charge is 0.418 e. The van der Waals surface area contributed by atoms with Crippen LogP contribution >= 0.6 is 0 Å². The van der Waals surface area contributed by atoms with Crippen LogP contribution < -0.4 is 9.58 Å². The van der Waals surface area contributed by atoms with Crippen molar-refractivity contribution in [3.8, 4) is 11.4 Å². The van der Waals surface area contributed by atoms with Crippen molar-refractivity contribution in [1.82, 2.24) is 0 Å². The van der Waals surface area contributed by atoms with E-state index in [1.54, 1.807) is 24.3 Å². The fourth-order valence-corrected chi connectivity index (χ4v) is 1.54. The molecule has 0 amide bonds. The molecule has 0 radical (unpaired) electrons. The number of hydrogen-bond donors (Lipinski definition) is 0. The van der Waals surface area contributed by atoms with Gasteiger partial charge in [0, 0.05) is 33.8 Å². The Bertz CT molecular complexity index is 645. The Morgan fingerprint density at radius 2 is 0.846 bits per heavy atom. The summed E-state index contributed by atoms with van der Waals surface area (Å²) in [5.41, 5.74) is 2.16. The molecule has 0 aliphatic carbocycles. The molecule has 0 unspecified atom stereocenters. The van der Waals surface area contributed by atoms with Crippen LogP contribution in [0.25, 0.3) is 11.4 Å². The highest BCUT2D eigenvalue weighted by Gasteiger charge is 2.25. The maximum absolute atomic E-state index is 13.5. The number of halogens is 10. The molecule has 2 aromatic rings. The van der Waals surface area contributed by atoms with Crippen LogP contribution in [-0.4, -0.2) is 14.5 Å². The van der Waals surface area contributed by atoms with Gasteiger partial charge in [-0.15, -0.1) is 0 Å². The minimum atomic E-state index is -6.00. The van der Waals surface area contributed by atoms with Crippen molar-refractivity contribution in [3.05, 3.63) is 47.8 Å². The van der Waals surface area contributed by atoms with Crippen molar-refractivity contribution < 1.29 is 53.1 Å². The second-order valence-electron chi connectivity index (χ2n) is 4.79. The van der Waals surface area contributed by atoms with Crippen molar-refractivity contribution in [2.75, 3.05) is 0 Å². The normalized spacial score (nSPS) is 11.1. The Labute approximate surface area is 141 Å². The number of rotatable bonds is 1. The second kappa shape index (κ2) is 9.43. The van der Waals surface area contributed by atoms with Crippen LogP contribution in [0.15, 0.2) is 36.7 Å². The van der Waals surface area contributed by atoms with Crippen LogP contribution in [0.4, 0.5) is 43.5 Å². The number of nitrogens with zero attached hydrogens (tertiary/aromatic N) is 2. The lowest BCUT2D eigenvalue weighted by atomic mass is 10.1. The molecular formula is C12H12B2F10N2. The number of aryl methyl sites for hydroxylation is 2. The SMILES string of the molecule is Cc1cc[n+](F)c(-c2cc(C)cc[n+]2F)c1.F[B-](F)(F)F.F[B-](F)(F)F. The minimum Gasteiger partial charge on any atom is -0.418 e. The minimum absolute atomic E-state index is 0.200. The van der Waals surface area contributed by atoms with E-state index in [9.17, 15) is 43.5 Å². The average molecular weight is 396 g/mol. The summed E-state index contributed by atoms with van der Waals surface area (Å²) in [6, 6.07) is 6.46. The predicted molar refractivity (Wildman–Crippen MR) is 75.1 cm³/mol. The second-order valence-corrected chi connectivity index (χ2v) is 4.79. The quantitative estimate of drug-likeness (QED) is 0.492. The maximum atomic E-state index is 13.5. The molecule has 0 N–H and O–H groups in total. The Morgan fingerprint density at radius 3 is 1.08 bits per heavy atom. The highest BCUT2D eigenvalue weighted by molar-refractivity contribution is 6.50. The van der Waals surface area contributed by atoms with Crippen LogP contribution in [0.3, 0.4) is 0 Å². The van der Waals surface area contributed by atoms with Gasteiger partial charge in [-0.25, -0.2) is 0 Å².